The third kappa shape index (κ3) is 3.41. The molecule has 162 valence electrons. The second kappa shape index (κ2) is 8.46. The van der Waals surface area contributed by atoms with Gasteiger partial charge in [0.05, 0.1) is 0 Å². The van der Waals surface area contributed by atoms with E-state index in [-0.39, 0.29) is 5.41 Å². The normalized spacial score (nSPS) is 49.4. The van der Waals surface area contributed by atoms with Crippen LogP contribution in [-0.4, -0.2) is 6.29 Å². The Bertz CT molecular complexity index is 622. The van der Waals surface area contributed by atoms with Crippen molar-refractivity contribution in [2.45, 2.75) is 102 Å². The summed E-state index contributed by atoms with van der Waals surface area (Å²) in [6, 6.07) is 0. The van der Waals surface area contributed by atoms with Crippen LogP contribution in [0.3, 0.4) is 0 Å². The Morgan fingerprint density at radius 1 is 1.03 bits per heavy atom. The molecule has 4 rings (SSSR count). The summed E-state index contributed by atoms with van der Waals surface area (Å²) in [7, 11) is 0. The van der Waals surface area contributed by atoms with Crippen LogP contribution in [0.4, 0.5) is 0 Å². The number of aldehydes is 1. The van der Waals surface area contributed by atoms with E-state index in [2.05, 4.69) is 46.5 Å². The Hall–Kier alpha value is 1.09. The van der Waals surface area contributed by atoms with E-state index in [1.165, 1.54) is 70.5 Å². The van der Waals surface area contributed by atoms with Gasteiger partial charge in [0.1, 0.15) is 0 Å². The van der Waals surface area contributed by atoms with E-state index in [1.54, 1.807) is 0 Å². The molecule has 0 amide bonds. The third-order valence-corrected chi connectivity index (χ3v) is 24.0. The van der Waals surface area contributed by atoms with Crippen molar-refractivity contribution in [3.63, 3.8) is 0 Å². The van der Waals surface area contributed by atoms with Crippen molar-refractivity contribution in [3.05, 3.63) is 0 Å². The minimum atomic E-state index is -1.09. The van der Waals surface area contributed by atoms with Gasteiger partial charge in [-0.05, 0) is 0 Å². The summed E-state index contributed by atoms with van der Waals surface area (Å²) < 4.78 is 0.786. The van der Waals surface area contributed by atoms with Gasteiger partial charge in [-0.15, -0.1) is 0 Å². The molecule has 29 heavy (non-hydrogen) atoms. The van der Waals surface area contributed by atoms with Crippen LogP contribution >= 0.6 is 11.9 Å². The summed E-state index contributed by atoms with van der Waals surface area (Å²) in [6.07, 6.45) is 15.4. The SMILES string of the molecule is CC(C)CCC[C@@H](C)[C@H]1CC[C@H]2[C@@H]3C[C@]4(C=O)[C@@H]([Hg][Br])CC[C@]4(C)[C@H]3CC[C@]12C. The van der Waals surface area contributed by atoms with Crippen LogP contribution in [0, 0.1) is 51.8 Å². The first-order chi connectivity index (χ1) is 13.7. The number of rotatable bonds is 7. The molecule has 0 unspecified atom stereocenters. The quantitative estimate of drug-likeness (QED) is 0.201. The molecule has 0 aromatic rings. The topological polar surface area (TPSA) is 17.1 Å². The van der Waals surface area contributed by atoms with Crippen molar-refractivity contribution in [2.75, 3.05) is 0 Å². The molecule has 0 bridgehead atoms. The monoisotopic (exact) mass is 652 g/mol. The molecule has 4 aliphatic carbocycles. The minimum absolute atomic E-state index is 0.0552. The average molecular weight is 652 g/mol. The fraction of sp³-hybridized carbons (Fsp3) is 0.962. The van der Waals surface area contributed by atoms with Crippen LogP contribution in [0.1, 0.15) is 98.8 Å². The van der Waals surface area contributed by atoms with E-state index >= 15 is 0 Å². The average Bonchev–Trinajstić information content (AvgIpc) is 3.24. The summed E-state index contributed by atoms with van der Waals surface area (Å²) >= 11 is 2.92. The zero-order valence-corrected chi connectivity index (χ0v) is 26.8. The molecule has 1 nitrogen and oxygen atoms in total. The summed E-state index contributed by atoms with van der Waals surface area (Å²) in [5.41, 5.74) is 0.922. The number of carbonyl (C=O) groups is 1. The van der Waals surface area contributed by atoms with Crippen molar-refractivity contribution in [1.82, 2.24) is 0 Å². The number of hydrogen-bond acceptors (Lipinski definition) is 1. The van der Waals surface area contributed by atoms with Gasteiger partial charge in [-0.1, -0.05) is 13.8 Å². The molecule has 0 aromatic heterocycles. The molecule has 0 spiro atoms. The first kappa shape index (κ1) is 23.3. The van der Waals surface area contributed by atoms with Crippen molar-refractivity contribution < 1.29 is 26.9 Å². The molecule has 0 radical (unpaired) electrons. The molecule has 0 aliphatic heterocycles. The Morgan fingerprint density at radius 2 is 1.79 bits per heavy atom. The van der Waals surface area contributed by atoms with Crippen LogP contribution in [0.5, 0.6) is 0 Å². The molecule has 0 N–H and O–H groups in total. The molecule has 0 aromatic carbocycles. The standard InChI is InChI=1S/C26H43O.BrH.Hg/c1-18(2)8-6-9-19(3)21-10-11-22-20-16-26(17-27)14-7-13-25(26,5)23(20)12-15-24(21,22)4;;/h14,17-23H,6-13,15-16H2,1-5H3;1H;/q;;+1/p-1/t19-,20+,21-,22+,23+,24-,25-,26+;;/m1../s1. The first-order valence-electron chi connectivity index (χ1n) is 12.8. The molecule has 0 saturated heterocycles. The maximum atomic E-state index is 12.7. The number of halogens is 1. The summed E-state index contributed by atoms with van der Waals surface area (Å²) in [6.45, 7) is 12.5. The van der Waals surface area contributed by atoms with Gasteiger partial charge in [0.2, 0.25) is 0 Å². The molecule has 3 heteroatoms. The fourth-order valence-electron chi connectivity index (χ4n) is 9.63. The van der Waals surface area contributed by atoms with Gasteiger partial charge in [-0.3, -0.25) is 0 Å². The van der Waals surface area contributed by atoms with E-state index in [9.17, 15) is 4.79 Å². The van der Waals surface area contributed by atoms with Crippen molar-refractivity contribution >= 4 is 18.2 Å². The Balaban J connectivity index is 1.54. The summed E-state index contributed by atoms with van der Waals surface area (Å²) in [4.78, 5) is 12.7. The van der Waals surface area contributed by atoms with Crippen molar-refractivity contribution in [3.8, 4) is 0 Å². The molecular formula is C26H43BrHgO. The van der Waals surface area contributed by atoms with E-state index < -0.39 is 22.1 Å². The van der Waals surface area contributed by atoms with Gasteiger partial charge < -0.3 is 0 Å². The molecule has 4 fully saturated rings. The van der Waals surface area contributed by atoms with Crippen LogP contribution in [-0.2, 0) is 26.9 Å². The molecular weight excluding hydrogens is 609 g/mol. The van der Waals surface area contributed by atoms with Gasteiger partial charge in [0.25, 0.3) is 0 Å². The number of carbonyl (C=O) groups excluding carboxylic acids is 1. The molecule has 0 heterocycles. The zero-order valence-electron chi connectivity index (χ0n) is 19.7. The van der Waals surface area contributed by atoms with Crippen LogP contribution < -0.4 is 0 Å². The van der Waals surface area contributed by atoms with Crippen LogP contribution in [0.2, 0.25) is 3.43 Å². The van der Waals surface area contributed by atoms with Gasteiger partial charge in [-0.25, -0.2) is 0 Å². The summed E-state index contributed by atoms with van der Waals surface area (Å²) in [5, 5.41) is 0. The molecule has 9 atom stereocenters. The Morgan fingerprint density at radius 3 is 2.45 bits per heavy atom. The van der Waals surface area contributed by atoms with Crippen LogP contribution in [0.15, 0.2) is 0 Å². The second-order valence-corrected chi connectivity index (χ2v) is 23.3. The molecule has 4 aliphatic rings. The van der Waals surface area contributed by atoms with Gasteiger partial charge in [-0.2, -0.15) is 0 Å². The predicted octanol–water partition coefficient (Wildman–Crippen LogP) is 8.08. The van der Waals surface area contributed by atoms with Crippen molar-refractivity contribution in [1.29, 1.82) is 0 Å². The predicted molar refractivity (Wildman–Crippen MR) is 122 cm³/mol. The Labute approximate surface area is 198 Å². The zero-order chi connectivity index (χ0) is 21.0. The second-order valence-electron chi connectivity index (χ2n) is 12.6. The van der Waals surface area contributed by atoms with E-state index in [0.717, 1.165) is 38.9 Å². The fourth-order valence-corrected chi connectivity index (χ4v) is 22.8. The van der Waals surface area contributed by atoms with Crippen molar-refractivity contribution in [2.24, 2.45) is 51.8 Å². The van der Waals surface area contributed by atoms with E-state index in [1.807, 2.05) is 0 Å². The van der Waals surface area contributed by atoms with E-state index in [4.69, 9.17) is 0 Å². The molecule has 4 saturated carbocycles. The van der Waals surface area contributed by atoms with E-state index in [0.29, 0.717) is 10.8 Å². The summed E-state index contributed by atoms with van der Waals surface area (Å²) in [5.74, 6) is 5.21. The van der Waals surface area contributed by atoms with Gasteiger partial charge in [0.15, 0.2) is 0 Å². The number of fused-ring (bicyclic) bond motifs is 5. The number of hydrogen-bond donors (Lipinski definition) is 0. The third-order valence-electron chi connectivity index (χ3n) is 11.2. The first-order valence-corrected chi connectivity index (χ1v) is 27.8. The van der Waals surface area contributed by atoms with Gasteiger partial charge in [0, 0.05) is 0 Å². The maximum absolute atomic E-state index is 12.7. The van der Waals surface area contributed by atoms with Crippen LogP contribution in [0.25, 0.3) is 0 Å². The Kier molecular flexibility index (Phi) is 6.78. The van der Waals surface area contributed by atoms with Gasteiger partial charge >= 0.3 is 185 Å².